The summed E-state index contributed by atoms with van der Waals surface area (Å²) in [7, 11) is -3.80. The molecule has 2 aromatic rings. The summed E-state index contributed by atoms with van der Waals surface area (Å²) in [6.07, 6.45) is 1.22. The van der Waals surface area contributed by atoms with E-state index in [1.165, 1.54) is 24.3 Å². The summed E-state index contributed by atoms with van der Waals surface area (Å²) in [5, 5.41) is 3.10. The third-order valence-corrected chi connectivity index (χ3v) is 5.86. The second kappa shape index (κ2) is 10.1. The van der Waals surface area contributed by atoms with Gasteiger partial charge >= 0.3 is 5.97 Å². The molecule has 0 bridgehead atoms. The lowest BCUT2D eigenvalue weighted by atomic mass is 10.1. The van der Waals surface area contributed by atoms with Crippen molar-refractivity contribution in [1.29, 1.82) is 0 Å². The van der Waals surface area contributed by atoms with Crippen LogP contribution in [0.5, 0.6) is 0 Å². The monoisotopic (exact) mass is 472 g/mol. The highest BCUT2D eigenvalue weighted by Gasteiger charge is 2.32. The predicted molar refractivity (Wildman–Crippen MR) is 119 cm³/mol. The van der Waals surface area contributed by atoms with Crippen molar-refractivity contribution in [2.24, 2.45) is 0 Å². The highest BCUT2D eigenvalue weighted by molar-refractivity contribution is 7.92. The number of ether oxygens (including phenoxy) is 1. The van der Waals surface area contributed by atoms with Crippen LogP contribution in [0.4, 0.5) is 11.4 Å². The molecule has 0 fully saturated rings. The number of hydrogen-bond acceptors (Lipinski definition) is 5. The fourth-order valence-electron chi connectivity index (χ4n) is 2.85. The summed E-state index contributed by atoms with van der Waals surface area (Å²) in [5.74, 6) is -1.11. The van der Waals surface area contributed by atoms with Crippen LogP contribution >= 0.6 is 23.2 Å². The van der Waals surface area contributed by atoms with Gasteiger partial charge in [-0.2, -0.15) is 0 Å². The average Bonchev–Trinajstić information content (AvgIpc) is 2.66. The summed E-state index contributed by atoms with van der Waals surface area (Å²) in [5.41, 5.74) is 0.757. The van der Waals surface area contributed by atoms with Crippen molar-refractivity contribution < 1.29 is 22.7 Å². The van der Waals surface area contributed by atoms with Crippen molar-refractivity contribution in [3.05, 3.63) is 58.1 Å². The van der Waals surface area contributed by atoms with Crippen LogP contribution in [-0.4, -0.2) is 39.2 Å². The molecule has 0 unspecified atom stereocenters. The van der Waals surface area contributed by atoms with Gasteiger partial charge in [-0.1, -0.05) is 36.2 Å². The molecule has 0 aliphatic heterocycles. The lowest BCUT2D eigenvalue weighted by Gasteiger charge is -2.30. The Hall–Kier alpha value is -2.29. The Kier molecular flexibility index (Phi) is 8.11. The van der Waals surface area contributed by atoms with Gasteiger partial charge in [-0.25, -0.2) is 13.2 Å². The number of hydrogen-bond donors (Lipinski definition) is 1. The number of esters is 1. The molecule has 7 nitrogen and oxygen atoms in total. The summed E-state index contributed by atoms with van der Waals surface area (Å²) < 4.78 is 30.9. The second-order valence-electron chi connectivity index (χ2n) is 6.37. The van der Waals surface area contributed by atoms with E-state index in [9.17, 15) is 18.0 Å². The van der Waals surface area contributed by atoms with Crippen molar-refractivity contribution in [1.82, 2.24) is 0 Å². The Balaban J connectivity index is 2.33. The minimum atomic E-state index is -3.80. The largest absolute Gasteiger partial charge is 0.462 e. The predicted octanol–water partition coefficient (Wildman–Crippen LogP) is 4.35. The van der Waals surface area contributed by atoms with E-state index in [4.69, 9.17) is 27.9 Å². The molecular formula is C20H22Cl2N2O5S. The average molecular weight is 473 g/mol. The zero-order valence-corrected chi connectivity index (χ0v) is 19.0. The van der Waals surface area contributed by atoms with E-state index in [-0.39, 0.29) is 35.0 Å². The molecular weight excluding hydrogens is 451 g/mol. The normalized spacial score (nSPS) is 12.2. The highest BCUT2D eigenvalue weighted by Crippen LogP contribution is 2.28. The standard InChI is InChI=1S/C20H22Cl2N2O5S/c1-4-18(24(30(3,27)28)15-8-6-7-14(21)12-15)19(25)23-17-10-9-13(11-16(17)22)20(26)29-5-2/h6-12,18H,4-5H2,1-3H3,(H,23,25)/t18-/m1/s1. The first-order valence-corrected chi connectivity index (χ1v) is 11.7. The zero-order valence-electron chi connectivity index (χ0n) is 16.7. The van der Waals surface area contributed by atoms with Gasteiger partial charge in [0, 0.05) is 5.02 Å². The maximum Gasteiger partial charge on any atom is 0.338 e. The van der Waals surface area contributed by atoms with Gasteiger partial charge in [0.05, 0.1) is 34.8 Å². The Labute approximate surface area is 186 Å². The number of anilines is 2. The molecule has 0 saturated carbocycles. The first-order valence-electron chi connectivity index (χ1n) is 9.11. The third kappa shape index (κ3) is 5.87. The third-order valence-electron chi connectivity index (χ3n) is 4.13. The fourth-order valence-corrected chi connectivity index (χ4v) is 4.46. The Morgan fingerprint density at radius 2 is 1.83 bits per heavy atom. The summed E-state index contributed by atoms with van der Waals surface area (Å²) in [6, 6.07) is 9.50. The summed E-state index contributed by atoms with van der Waals surface area (Å²) >= 11 is 12.2. The molecule has 0 aliphatic rings. The van der Waals surface area contributed by atoms with E-state index < -0.39 is 27.9 Å². The molecule has 162 valence electrons. The number of carbonyl (C=O) groups excluding carboxylic acids is 2. The summed E-state index contributed by atoms with van der Waals surface area (Å²) in [4.78, 5) is 24.8. The molecule has 2 aromatic carbocycles. The SMILES string of the molecule is CCOC(=O)c1ccc(NC(=O)[C@@H](CC)N(c2cccc(Cl)c2)S(C)(=O)=O)c(Cl)c1. The molecule has 0 radical (unpaired) electrons. The number of nitrogens with one attached hydrogen (secondary N) is 1. The zero-order chi connectivity index (χ0) is 22.5. The number of halogens is 2. The van der Waals surface area contributed by atoms with Gasteiger partial charge in [-0.3, -0.25) is 9.10 Å². The molecule has 30 heavy (non-hydrogen) atoms. The van der Waals surface area contributed by atoms with Gasteiger partial charge in [-0.05, 0) is 49.7 Å². The summed E-state index contributed by atoms with van der Waals surface area (Å²) in [6.45, 7) is 3.60. The molecule has 0 aliphatic carbocycles. The maximum absolute atomic E-state index is 13.0. The van der Waals surface area contributed by atoms with Crippen LogP contribution in [0.25, 0.3) is 0 Å². The second-order valence-corrected chi connectivity index (χ2v) is 9.07. The fraction of sp³-hybridized carbons (Fsp3) is 0.300. The van der Waals surface area contributed by atoms with Gasteiger partial charge in [0.2, 0.25) is 15.9 Å². The number of benzene rings is 2. The number of sulfonamides is 1. The number of nitrogens with zero attached hydrogens (tertiary/aromatic N) is 1. The van der Waals surface area contributed by atoms with Crippen LogP contribution in [0.3, 0.4) is 0 Å². The van der Waals surface area contributed by atoms with Gasteiger partial charge in [0.1, 0.15) is 6.04 Å². The molecule has 0 aromatic heterocycles. The van der Waals surface area contributed by atoms with Gasteiger partial charge in [0.15, 0.2) is 0 Å². The highest BCUT2D eigenvalue weighted by atomic mass is 35.5. The number of rotatable bonds is 8. The Morgan fingerprint density at radius 1 is 1.13 bits per heavy atom. The van der Waals surface area contributed by atoms with Crippen LogP contribution in [0, 0.1) is 0 Å². The quantitative estimate of drug-likeness (QED) is 0.576. The molecule has 0 saturated heterocycles. The number of carbonyl (C=O) groups is 2. The lowest BCUT2D eigenvalue weighted by molar-refractivity contribution is -0.117. The van der Waals surface area contributed by atoms with E-state index in [1.807, 2.05) is 0 Å². The van der Waals surface area contributed by atoms with Gasteiger partial charge in [-0.15, -0.1) is 0 Å². The molecule has 2 rings (SSSR count). The van der Waals surface area contributed by atoms with Gasteiger partial charge in [0.25, 0.3) is 0 Å². The number of amides is 1. The topological polar surface area (TPSA) is 92.8 Å². The first kappa shape index (κ1) is 24.0. The van der Waals surface area contributed by atoms with Crippen molar-refractivity contribution in [2.75, 3.05) is 22.5 Å². The molecule has 0 spiro atoms. The first-order chi connectivity index (χ1) is 14.1. The molecule has 1 amide bonds. The maximum atomic E-state index is 13.0. The van der Waals surface area contributed by atoms with Crippen molar-refractivity contribution in [2.45, 2.75) is 26.3 Å². The van der Waals surface area contributed by atoms with E-state index in [1.54, 1.807) is 32.0 Å². The Morgan fingerprint density at radius 3 is 2.37 bits per heavy atom. The van der Waals surface area contributed by atoms with Crippen LogP contribution in [0.15, 0.2) is 42.5 Å². The van der Waals surface area contributed by atoms with Gasteiger partial charge < -0.3 is 10.1 Å². The van der Waals surface area contributed by atoms with Crippen molar-refractivity contribution in [3.8, 4) is 0 Å². The van der Waals surface area contributed by atoms with E-state index >= 15 is 0 Å². The smallest absolute Gasteiger partial charge is 0.338 e. The van der Waals surface area contributed by atoms with E-state index in [2.05, 4.69) is 5.32 Å². The van der Waals surface area contributed by atoms with E-state index in [0.29, 0.717) is 5.02 Å². The van der Waals surface area contributed by atoms with Crippen LogP contribution in [0.2, 0.25) is 10.0 Å². The van der Waals surface area contributed by atoms with Crippen LogP contribution in [0.1, 0.15) is 30.6 Å². The Bertz CT molecular complexity index is 1040. The van der Waals surface area contributed by atoms with Crippen molar-refractivity contribution >= 4 is 56.5 Å². The van der Waals surface area contributed by atoms with Crippen LogP contribution in [-0.2, 0) is 19.6 Å². The molecule has 1 N–H and O–H groups in total. The molecule has 10 heteroatoms. The van der Waals surface area contributed by atoms with Crippen molar-refractivity contribution in [3.63, 3.8) is 0 Å². The molecule has 0 heterocycles. The van der Waals surface area contributed by atoms with E-state index in [0.717, 1.165) is 10.6 Å². The van der Waals surface area contributed by atoms with Crippen LogP contribution < -0.4 is 9.62 Å². The molecule has 1 atom stereocenters. The lowest BCUT2D eigenvalue weighted by Crippen LogP contribution is -2.47. The minimum absolute atomic E-state index is 0.123. The minimum Gasteiger partial charge on any atom is -0.462 e.